The van der Waals surface area contributed by atoms with Gasteiger partial charge in [0.05, 0.1) is 14.2 Å². The Labute approximate surface area is 147 Å². The molecule has 0 spiro atoms. The largest absolute Gasteiger partial charge is 0.504 e. The number of hydrogen-bond acceptors (Lipinski definition) is 5. The van der Waals surface area contributed by atoms with Crippen LogP contribution < -0.4 is 9.47 Å². The van der Waals surface area contributed by atoms with Gasteiger partial charge in [0.2, 0.25) is 0 Å². The molecule has 0 amide bonds. The van der Waals surface area contributed by atoms with E-state index in [1.165, 1.54) is 11.1 Å². The van der Waals surface area contributed by atoms with Crippen molar-refractivity contribution in [3.05, 3.63) is 46.5 Å². The van der Waals surface area contributed by atoms with E-state index in [0.717, 1.165) is 30.5 Å². The van der Waals surface area contributed by atoms with Crippen LogP contribution in [0, 0.1) is 0 Å². The van der Waals surface area contributed by atoms with Gasteiger partial charge in [0, 0.05) is 18.6 Å². The molecule has 25 heavy (non-hydrogen) atoms. The zero-order valence-electron chi connectivity index (χ0n) is 14.7. The molecule has 4 rings (SSSR count). The quantitative estimate of drug-likeness (QED) is 0.877. The van der Waals surface area contributed by atoms with Gasteiger partial charge >= 0.3 is 0 Å². The summed E-state index contributed by atoms with van der Waals surface area (Å²) in [6.45, 7) is 3.14. The second-order valence-electron chi connectivity index (χ2n) is 6.83. The monoisotopic (exact) mass is 341 g/mol. The number of benzene rings is 2. The highest BCUT2D eigenvalue weighted by molar-refractivity contribution is 5.52. The number of methoxy groups -OCH3 is 2. The minimum atomic E-state index is 0.176. The fraction of sp³-hybridized carbons (Fsp3) is 0.400. The fourth-order valence-electron chi connectivity index (χ4n) is 4.34. The molecule has 5 heteroatoms. The molecule has 0 saturated heterocycles. The Bertz CT molecular complexity index is 833. The van der Waals surface area contributed by atoms with Crippen LogP contribution >= 0.6 is 0 Å². The highest BCUT2D eigenvalue weighted by Crippen LogP contribution is 2.47. The third kappa shape index (κ3) is 2.42. The number of hydrogen-bond donors (Lipinski definition) is 2. The second kappa shape index (κ2) is 5.85. The van der Waals surface area contributed by atoms with Crippen molar-refractivity contribution in [1.82, 2.24) is 4.90 Å². The first-order valence-corrected chi connectivity index (χ1v) is 8.58. The van der Waals surface area contributed by atoms with Gasteiger partial charge in [0.25, 0.3) is 0 Å². The first kappa shape index (κ1) is 16.1. The molecular formula is C20H23NO4. The minimum Gasteiger partial charge on any atom is -0.504 e. The second-order valence-corrected chi connectivity index (χ2v) is 6.83. The molecule has 0 aromatic heterocycles. The molecule has 0 bridgehead atoms. The number of ether oxygens (including phenoxy) is 2. The van der Waals surface area contributed by atoms with Gasteiger partial charge in [-0.05, 0) is 66.3 Å². The van der Waals surface area contributed by atoms with Crippen LogP contribution in [0.4, 0.5) is 0 Å². The third-order valence-corrected chi connectivity index (χ3v) is 5.64. The molecule has 2 N–H and O–H groups in total. The molecule has 0 saturated carbocycles. The van der Waals surface area contributed by atoms with E-state index >= 15 is 0 Å². The molecule has 2 heterocycles. The van der Waals surface area contributed by atoms with Crippen LogP contribution in [0.25, 0.3) is 0 Å². The van der Waals surface area contributed by atoms with Crippen LogP contribution in [0.3, 0.4) is 0 Å². The number of aromatic hydroxyl groups is 2. The summed E-state index contributed by atoms with van der Waals surface area (Å²) in [5.41, 5.74) is 4.71. The van der Waals surface area contributed by atoms with Gasteiger partial charge in [-0.3, -0.25) is 4.90 Å². The maximum absolute atomic E-state index is 10.2. The number of fused-ring (bicyclic) bond motifs is 4. The maximum atomic E-state index is 10.2. The van der Waals surface area contributed by atoms with E-state index in [-0.39, 0.29) is 23.6 Å². The Morgan fingerprint density at radius 3 is 2.32 bits per heavy atom. The predicted molar refractivity (Wildman–Crippen MR) is 94.6 cm³/mol. The molecule has 0 radical (unpaired) electrons. The lowest BCUT2D eigenvalue weighted by atomic mass is 9.81. The van der Waals surface area contributed by atoms with Crippen molar-refractivity contribution >= 4 is 0 Å². The standard InChI is InChI=1S/C20H23NO4/c1-11-14-10-20(25-3)17(22)7-13(14)6-16-15-9-18(23)19(24-2)8-12(15)4-5-21(11)16/h7-11,16,22-23H,4-6H2,1-3H3. The van der Waals surface area contributed by atoms with E-state index in [1.54, 1.807) is 14.2 Å². The first-order valence-electron chi connectivity index (χ1n) is 8.58. The number of phenols is 2. The summed E-state index contributed by atoms with van der Waals surface area (Å²) in [6, 6.07) is 7.97. The molecular weight excluding hydrogens is 318 g/mol. The average Bonchev–Trinajstić information content (AvgIpc) is 2.61. The van der Waals surface area contributed by atoms with Crippen molar-refractivity contribution in [3.63, 3.8) is 0 Å². The molecule has 2 aliphatic heterocycles. The lowest BCUT2D eigenvalue weighted by Gasteiger charge is -2.45. The summed E-state index contributed by atoms with van der Waals surface area (Å²) in [5, 5.41) is 20.4. The molecule has 2 aliphatic rings. The molecule has 2 aromatic carbocycles. The predicted octanol–water partition coefficient (Wildman–Crippen LogP) is 3.33. The highest BCUT2D eigenvalue weighted by atomic mass is 16.5. The summed E-state index contributed by atoms with van der Waals surface area (Å²) in [7, 11) is 3.15. The SMILES string of the molecule is COc1cc2c(cc1O)C1Cc3cc(O)c(OC)cc3C(C)N1CC2. The van der Waals surface area contributed by atoms with Gasteiger partial charge in [-0.2, -0.15) is 0 Å². The molecule has 2 unspecified atom stereocenters. The smallest absolute Gasteiger partial charge is 0.160 e. The number of phenolic OH excluding ortho intramolecular Hbond substituents is 2. The summed E-state index contributed by atoms with van der Waals surface area (Å²) < 4.78 is 10.5. The molecule has 0 aliphatic carbocycles. The molecule has 5 nitrogen and oxygen atoms in total. The van der Waals surface area contributed by atoms with Crippen LogP contribution in [0.5, 0.6) is 23.0 Å². The van der Waals surface area contributed by atoms with Gasteiger partial charge in [0.1, 0.15) is 0 Å². The van der Waals surface area contributed by atoms with Crippen LogP contribution in [-0.2, 0) is 12.8 Å². The maximum Gasteiger partial charge on any atom is 0.160 e. The van der Waals surface area contributed by atoms with Gasteiger partial charge in [-0.1, -0.05) is 0 Å². The molecule has 2 aromatic rings. The Morgan fingerprint density at radius 2 is 1.60 bits per heavy atom. The summed E-state index contributed by atoms with van der Waals surface area (Å²) in [4.78, 5) is 2.47. The minimum absolute atomic E-state index is 0.176. The van der Waals surface area contributed by atoms with Crippen LogP contribution in [0.2, 0.25) is 0 Å². The molecule has 2 atom stereocenters. The van der Waals surface area contributed by atoms with Crippen molar-refractivity contribution in [2.45, 2.75) is 31.8 Å². The van der Waals surface area contributed by atoms with E-state index in [0.29, 0.717) is 11.5 Å². The zero-order chi connectivity index (χ0) is 17.7. The number of nitrogens with zero attached hydrogens (tertiary/aromatic N) is 1. The molecule has 132 valence electrons. The number of rotatable bonds is 2. The van der Waals surface area contributed by atoms with Crippen molar-refractivity contribution in [3.8, 4) is 23.0 Å². The van der Waals surface area contributed by atoms with E-state index in [1.807, 2.05) is 24.3 Å². The summed E-state index contributed by atoms with van der Waals surface area (Å²) >= 11 is 0. The Morgan fingerprint density at radius 1 is 0.920 bits per heavy atom. The van der Waals surface area contributed by atoms with Gasteiger partial charge < -0.3 is 19.7 Å². The Hall–Kier alpha value is -2.40. The van der Waals surface area contributed by atoms with Crippen LogP contribution in [0.15, 0.2) is 24.3 Å². The Kier molecular flexibility index (Phi) is 3.76. The average molecular weight is 341 g/mol. The fourth-order valence-corrected chi connectivity index (χ4v) is 4.34. The lowest BCUT2D eigenvalue weighted by molar-refractivity contribution is 0.117. The van der Waals surface area contributed by atoms with E-state index in [9.17, 15) is 10.2 Å². The van der Waals surface area contributed by atoms with Gasteiger partial charge in [-0.25, -0.2) is 0 Å². The van der Waals surface area contributed by atoms with Crippen molar-refractivity contribution in [2.24, 2.45) is 0 Å². The third-order valence-electron chi connectivity index (χ3n) is 5.64. The highest BCUT2D eigenvalue weighted by Gasteiger charge is 2.37. The van der Waals surface area contributed by atoms with Crippen molar-refractivity contribution < 1.29 is 19.7 Å². The van der Waals surface area contributed by atoms with Crippen LogP contribution in [-0.4, -0.2) is 35.9 Å². The topological polar surface area (TPSA) is 62.2 Å². The van der Waals surface area contributed by atoms with Gasteiger partial charge in [-0.15, -0.1) is 0 Å². The van der Waals surface area contributed by atoms with Crippen LogP contribution in [0.1, 0.15) is 41.3 Å². The van der Waals surface area contributed by atoms with E-state index in [4.69, 9.17) is 9.47 Å². The van der Waals surface area contributed by atoms with E-state index < -0.39 is 0 Å². The summed E-state index contributed by atoms with van der Waals surface area (Å²) in [6.07, 6.45) is 1.73. The van der Waals surface area contributed by atoms with Gasteiger partial charge in [0.15, 0.2) is 23.0 Å². The lowest BCUT2D eigenvalue weighted by Crippen LogP contribution is -2.41. The molecule has 0 fully saturated rings. The zero-order valence-corrected chi connectivity index (χ0v) is 14.7. The first-order chi connectivity index (χ1) is 12.0. The Balaban J connectivity index is 1.80. The van der Waals surface area contributed by atoms with Crippen molar-refractivity contribution in [2.75, 3.05) is 20.8 Å². The normalized spacial score (nSPS) is 21.9. The summed E-state index contributed by atoms with van der Waals surface area (Å²) in [5.74, 6) is 1.40. The van der Waals surface area contributed by atoms with E-state index in [2.05, 4.69) is 11.8 Å². The van der Waals surface area contributed by atoms with Crippen molar-refractivity contribution in [1.29, 1.82) is 0 Å².